The Morgan fingerprint density at radius 2 is 1.93 bits per heavy atom. The third kappa shape index (κ3) is 6.21. The quantitative estimate of drug-likeness (QED) is 0.658. The van der Waals surface area contributed by atoms with Gasteiger partial charge in [-0.05, 0) is 44.9 Å². The van der Waals surface area contributed by atoms with E-state index < -0.39 is 0 Å². The number of carbonyl (C=O) groups is 2. The van der Waals surface area contributed by atoms with E-state index in [4.69, 9.17) is 11.6 Å². The Kier molecular flexibility index (Phi) is 7.83. The van der Waals surface area contributed by atoms with Crippen LogP contribution in [-0.2, 0) is 6.54 Å². The number of benzene rings is 1. The lowest BCUT2D eigenvalue weighted by atomic mass is 10.1. The van der Waals surface area contributed by atoms with Gasteiger partial charge in [0.05, 0.1) is 6.54 Å². The van der Waals surface area contributed by atoms with Crippen LogP contribution < -0.4 is 10.6 Å². The van der Waals surface area contributed by atoms with Crippen molar-refractivity contribution in [1.82, 2.24) is 15.2 Å². The molecule has 0 fully saturated rings. The minimum Gasteiger partial charge on any atom is -0.348 e. The van der Waals surface area contributed by atoms with E-state index in [1.165, 1.54) is 11.3 Å². The fraction of sp³-hybridized carbons (Fsp3) is 0.450. The summed E-state index contributed by atoms with van der Waals surface area (Å²) in [6.07, 6.45) is 0. The van der Waals surface area contributed by atoms with E-state index in [0.717, 1.165) is 0 Å². The number of urea groups is 1. The number of hydrogen-bond acceptors (Lipinski definition) is 4. The fourth-order valence-electron chi connectivity index (χ4n) is 2.33. The van der Waals surface area contributed by atoms with Crippen LogP contribution in [0.5, 0.6) is 0 Å². The predicted molar refractivity (Wildman–Crippen MR) is 115 cm³/mol. The van der Waals surface area contributed by atoms with Crippen molar-refractivity contribution in [2.75, 3.05) is 5.32 Å². The molecular formula is C20H27ClN4O2S. The first-order chi connectivity index (χ1) is 13.2. The van der Waals surface area contributed by atoms with Gasteiger partial charge in [0.25, 0.3) is 5.91 Å². The van der Waals surface area contributed by atoms with Crippen LogP contribution in [-0.4, -0.2) is 33.9 Å². The maximum Gasteiger partial charge on any atom is 0.322 e. The van der Waals surface area contributed by atoms with Gasteiger partial charge >= 0.3 is 6.03 Å². The number of hydrogen-bond donors (Lipinski definition) is 2. The highest BCUT2D eigenvalue weighted by Gasteiger charge is 2.21. The van der Waals surface area contributed by atoms with Gasteiger partial charge in [0.1, 0.15) is 10.7 Å². The van der Waals surface area contributed by atoms with Crippen LogP contribution in [0.15, 0.2) is 29.6 Å². The number of halogens is 1. The van der Waals surface area contributed by atoms with Crippen LogP contribution in [0.1, 0.15) is 50.1 Å². The molecule has 1 heterocycles. The minimum atomic E-state index is -0.244. The normalized spacial score (nSPS) is 12.1. The van der Waals surface area contributed by atoms with E-state index in [2.05, 4.69) is 29.5 Å². The number of nitrogens with zero attached hydrogens (tertiary/aromatic N) is 2. The van der Waals surface area contributed by atoms with Gasteiger partial charge < -0.3 is 15.5 Å². The highest BCUT2D eigenvalue weighted by atomic mass is 35.5. The summed E-state index contributed by atoms with van der Waals surface area (Å²) in [7, 11) is 0. The first-order valence-electron chi connectivity index (χ1n) is 9.25. The Morgan fingerprint density at radius 3 is 2.54 bits per heavy atom. The molecule has 0 saturated heterocycles. The Labute approximate surface area is 175 Å². The van der Waals surface area contributed by atoms with Crippen molar-refractivity contribution in [3.8, 4) is 0 Å². The van der Waals surface area contributed by atoms with Gasteiger partial charge in [0.2, 0.25) is 0 Å². The van der Waals surface area contributed by atoms with E-state index in [1.54, 1.807) is 34.5 Å². The Hall–Kier alpha value is -2.12. The predicted octanol–water partition coefficient (Wildman–Crippen LogP) is 5.01. The Balaban J connectivity index is 2.05. The highest BCUT2D eigenvalue weighted by molar-refractivity contribution is 7.09. The highest BCUT2D eigenvalue weighted by Crippen LogP contribution is 2.18. The number of thiazole rings is 1. The van der Waals surface area contributed by atoms with Crippen LogP contribution in [0.3, 0.4) is 0 Å². The summed E-state index contributed by atoms with van der Waals surface area (Å²) in [5.41, 5.74) is 1.01. The Bertz CT molecular complexity index is 822. The zero-order chi connectivity index (χ0) is 20.8. The average Bonchev–Trinajstić information content (AvgIpc) is 3.08. The molecule has 1 aromatic carbocycles. The molecular weight excluding hydrogens is 396 g/mol. The molecule has 6 nitrogen and oxygen atoms in total. The summed E-state index contributed by atoms with van der Waals surface area (Å²) < 4.78 is 0. The van der Waals surface area contributed by atoms with Crippen molar-refractivity contribution < 1.29 is 9.59 Å². The molecule has 152 valence electrons. The second-order valence-electron chi connectivity index (χ2n) is 7.29. The van der Waals surface area contributed by atoms with Crippen molar-refractivity contribution in [1.29, 1.82) is 0 Å². The molecule has 28 heavy (non-hydrogen) atoms. The zero-order valence-electron chi connectivity index (χ0n) is 16.8. The molecule has 0 radical (unpaired) electrons. The SMILES string of the molecule is CC(C)C(C)NC(=O)c1csc(CN(C(=O)Nc2cccc(Cl)c2)C(C)C)n1. The number of aromatic nitrogens is 1. The largest absolute Gasteiger partial charge is 0.348 e. The zero-order valence-corrected chi connectivity index (χ0v) is 18.4. The molecule has 0 saturated carbocycles. The molecule has 2 N–H and O–H groups in total. The summed E-state index contributed by atoms with van der Waals surface area (Å²) >= 11 is 7.35. The first kappa shape index (κ1) is 22.2. The molecule has 0 aliphatic carbocycles. The van der Waals surface area contributed by atoms with E-state index in [1.807, 2.05) is 20.8 Å². The molecule has 0 bridgehead atoms. The molecule has 8 heteroatoms. The molecule has 1 unspecified atom stereocenters. The van der Waals surface area contributed by atoms with Gasteiger partial charge in [-0.2, -0.15) is 0 Å². The molecule has 1 atom stereocenters. The van der Waals surface area contributed by atoms with Crippen molar-refractivity contribution in [3.05, 3.63) is 45.4 Å². The standard InChI is InChI=1S/C20H27ClN4O2S/c1-12(2)14(5)22-19(26)17-11-28-18(24-17)10-25(13(3)4)20(27)23-16-8-6-7-15(21)9-16/h6-9,11-14H,10H2,1-5H3,(H,22,26)(H,23,27). The van der Waals surface area contributed by atoms with Gasteiger partial charge in [0, 0.05) is 28.2 Å². The summed E-state index contributed by atoms with van der Waals surface area (Å²) in [5.74, 6) is 0.150. The molecule has 2 rings (SSSR count). The molecule has 2 aromatic rings. The van der Waals surface area contributed by atoms with Crippen molar-refractivity contribution in [3.63, 3.8) is 0 Å². The topological polar surface area (TPSA) is 74.3 Å². The summed E-state index contributed by atoms with van der Waals surface area (Å²) in [5, 5.41) is 8.79. The van der Waals surface area contributed by atoms with Crippen molar-refractivity contribution >= 4 is 40.6 Å². The Morgan fingerprint density at radius 1 is 1.21 bits per heavy atom. The third-order valence-electron chi connectivity index (χ3n) is 4.41. The summed E-state index contributed by atoms with van der Waals surface area (Å²) in [4.78, 5) is 31.1. The average molecular weight is 423 g/mol. The van der Waals surface area contributed by atoms with Crippen molar-refractivity contribution in [2.45, 2.75) is 53.2 Å². The van der Waals surface area contributed by atoms with E-state index in [0.29, 0.717) is 33.9 Å². The monoisotopic (exact) mass is 422 g/mol. The van der Waals surface area contributed by atoms with Crippen LogP contribution in [0.2, 0.25) is 5.02 Å². The second kappa shape index (κ2) is 9.89. The lowest BCUT2D eigenvalue weighted by molar-refractivity contribution is 0.0926. The smallest absolute Gasteiger partial charge is 0.322 e. The molecule has 1 aromatic heterocycles. The number of anilines is 1. The number of amides is 3. The van der Waals surface area contributed by atoms with E-state index in [-0.39, 0.29) is 24.0 Å². The third-order valence-corrected chi connectivity index (χ3v) is 5.48. The van der Waals surface area contributed by atoms with Crippen LogP contribution in [0.25, 0.3) is 0 Å². The van der Waals surface area contributed by atoms with Gasteiger partial charge in [-0.3, -0.25) is 4.79 Å². The molecule has 3 amide bonds. The van der Waals surface area contributed by atoms with E-state index in [9.17, 15) is 9.59 Å². The van der Waals surface area contributed by atoms with Gasteiger partial charge in [-0.1, -0.05) is 31.5 Å². The van der Waals surface area contributed by atoms with Crippen molar-refractivity contribution in [2.24, 2.45) is 5.92 Å². The summed E-state index contributed by atoms with van der Waals surface area (Å²) in [6.45, 7) is 10.3. The van der Waals surface area contributed by atoms with Crippen LogP contribution >= 0.6 is 22.9 Å². The maximum absolute atomic E-state index is 12.7. The molecule has 0 aliphatic rings. The second-order valence-corrected chi connectivity index (χ2v) is 8.67. The van der Waals surface area contributed by atoms with Gasteiger partial charge in [0.15, 0.2) is 0 Å². The number of carbonyl (C=O) groups excluding carboxylic acids is 2. The summed E-state index contributed by atoms with van der Waals surface area (Å²) in [6, 6.07) is 6.78. The number of rotatable bonds is 7. The van der Waals surface area contributed by atoms with Crippen LogP contribution in [0.4, 0.5) is 10.5 Å². The van der Waals surface area contributed by atoms with E-state index >= 15 is 0 Å². The fourth-order valence-corrected chi connectivity index (χ4v) is 3.29. The number of nitrogens with one attached hydrogen (secondary N) is 2. The minimum absolute atomic E-state index is 0.0404. The molecule has 0 spiro atoms. The lowest BCUT2D eigenvalue weighted by Gasteiger charge is -2.26. The van der Waals surface area contributed by atoms with Crippen LogP contribution in [0, 0.1) is 5.92 Å². The lowest BCUT2D eigenvalue weighted by Crippen LogP contribution is -2.39. The maximum atomic E-state index is 12.7. The first-order valence-corrected chi connectivity index (χ1v) is 10.5. The van der Waals surface area contributed by atoms with Gasteiger partial charge in [-0.25, -0.2) is 9.78 Å². The van der Waals surface area contributed by atoms with Gasteiger partial charge in [-0.15, -0.1) is 11.3 Å². The molecule has 0 aliphatic heterocycles.